The third-order valence-corrected chi connectivity index (χ3v) is 3.24. The molecule has 1 aromatic rings. The second-order valence-corrected chi connectivity index (χ2v) is 4.22. The van der Waals surface area contributed by atoms with Gasteiger partial charge in [0.25, 0.3) is 0 Å². The molecule has 0 fully saturated rings. The van der Waals surface area contributed by atoms with Gasteiger partial charge in [0.15, 0.2) is 0 Å². The molecule has 1 aliphatic carbocycles. The van der Waals surface area contributed by atoms with Crippen molar-refractivity contribution in [3.8, 4) is 0 Å². The molecule has 0 bridgehead atoms. The summed E-state index contributed by atoms with van der Waals surface area (Å²) in [5.74, 6) is 0.160. The zero-order valence-corrected chi connectivity index (χ0v) is 10.1. The molecule has 1 aromatic carbocycles. The zero-order valence-electron chi connectivity index (χ0n) is 10.1. The van der Waals surface area contributed by atoms with Gasteiger partial charge in [-0.3, -0.25) is 0 Å². The number of methoxy groups -OCH3 is 1. The van der Waals surface area contributed by atoms with Crippen LogP contribution < -0.4 is 0 Å². The molecule has 0 saturated heterocycles. The van der Waals surface area contributed by atoms with Gasteiger partial charge in [-0.15, -0.1) is 0 Å². The maximum absolute atomic E-state index is 11.6. The normalized spacial score (nSPS) is 19.9. The van der Waals surface area contributed by atoms with Crippen LogP contribution in [0, 0.1) is 5.92 Å². The Labute approximate surface area is 102 Å². The van der Waals surface area contributed by atoms with Gasteiger partial charge in [0.05, 0.1) is 7.11 Å². The lowest BCUT2D eigenvalue weighted by atomic mass is 9.84. The number of ether oxygens (including phenoxy) is 1. The van der Waals surface area contributed by atoms with Crippen LogP contribution >= 0.6 is 0 Å². The topological polar surface area (TPSA) is 26.3 Å². The molecule has 1 aliphatic rings. The highest BCUT2D eigenvalue weighted by Crippen LogP contribution is 2.34. The molecule has 2 heteroatoms. The molecule has 0 heterocycles. The van der Waals surface area contributed by atoms with Crippen LogP contribution in [0.2, 0.25) is 0 Å². The van der Waals surface area contributed by atoms with Crippen molar-refractivity contribution in [2.24, 2.45) is 5.92 Å². The number of hydrogen-bond acceptors (Lipinski definition) is 2. The predicted molar refractivity (Wildman–Crippen MR) is 67.6 cm³/mol. The van der Waals surface area contributed by atoms with Gasteiger partial charge >= 0.3 is 5.97 Å². The van der Waals surface area contributed by atoms with Crippen LogP contribution in [0.1, 0.15) is 18.4 Å². The molecule has 0 radical (unpaired) electrons. The summed E-state index contributed by atoms with van der Waals surface area (Å²) in [5.41, 5.74) is 1.97. The lowest BCUT2D eigenvalue weighted by Crippen LogP contribution is -2.16. The molecule has 88 valence electrons. The fourth-order valence-corrected chi connectivity index (χ4v) is 2.22. The van der Waals surface area contributed by atoms with E-state index in [9.17, 15) is 4.79 Å². The molecule has 2 rings (SSSR count). The van der Waals surface area contributed by atoms with E-state index < -0.39 is 0 Å². The van der Waals surface area contributed by atoms with Gasteiger partial charge in [0.1, 0.15) is 0 Å². The number of esters is 1. The van der Waals surface area contributed by atoms with E-state index in [4.69, 9.17) is 4.74 Å². The van der Waals surface area contributed by atoms with Gasteiger partial charge in [-0.2, -0.15) is 0 Å². The van der Waals surface area contributed by atoms with Gasteiger partial charge in [-0.05, 0) is 11.5 Å². The highest BCUT2D eigenvalue weighted by Gasteiger charge is 2.27. The minimum atomic E-state index is -0.234. The quantitative estimate of drug-likeness (QED) is 0.742. The smallest absolute Gasteiger partial charge is 0.334 e. The summed E-state index contributed by atoms with van der Waals surface area (Å²) in [5, 5.41) is 0. The van der Waals surface area contributed by atoms with Crippen molar-refractivity contribution >= 4 is 5.97 Å². The molecule has 0 aromatic heterocycles. The average molecular weight is 227 g/mol. The van der Waals surface area contributed by atoms with E-state index >= 15 is 0 Å². The summed E-state index contributed by atoms with van der Waals surface area (Å²) in [6.45, 7) is 2.13. The fourth-order valence-electron chi connectivity index (χ4n) is 2.22. The van der Waals surface area contributed by atoms with Gasteiger partial charge in [-0.25, -0.2) is 4.79 Å². The van der Waals surface area contributed by atoms with Crippen molar-refractivity contribution in [2.75, 3.05) is 7.11 Å². The first-order valence-electron chi connectivity index (χ1n) is 5.75. The molecule has 0 amide bonds. The highest BCUT2D eigenvalue weighted by molar-refractivity contribution is 5.90. The van der Waals surface area contributed by atoms with Crippen LogP contribution in [-0.2, 0) is 9.53 Å². The molecule has 2 atom stereocenters. The molecule has 0 N–H and O–H groups in total. The average Bonchev–Trinajstić information content (AvgIpc) is 2.87. The van der Waals surface area contributed by atoms with Crippen LogP contribution in [0.25, 0.3) is 0 Å². The van der Waals surface area contributed by atoms with Crippen molar-refractivity contribution in [2.45, 2.75) is 12.8 Å². The molecule has 2 unspecified atom stereocenters. The van der Waals surface area contributed by atoms with Crippen molar-refractivity contribution in [3.05, 3.63) is 59.7 Å². The summed E-state index contributed by atoms with van der Waals surface area (Å²) >= 11 is 0. The Morgan fingerprint density at radius 1 is 1.29 bits per heavy atom. The Balaban J connectivity index is 2.21. The lowest BCUT2D eigenvalue weighted by molar-refractivity contribution is -0.136. The molecule has 0 spiro atoms. The summed E-state index contributed by atoms with van der Waals surface area (Å²) in [6, 6.07) is 10.2. The van der Waals surface area contributed by atoms with E-state index in [0.717, 1.165) is 5.57 Å². The first kappa shape index (κ1) is 11.6. The Morgan fingerprint density at radius 2 is 2.00 bits per heavy atom. The third-order valence-electron chi connectivity index (χ3n) is 3.24. The van der Waals surface area contributed by atoms with E-state index in [0.29, 0.717) is 0 Å². The Morgan fingerprint density at radius 3 is 2.65 bits per heavy atom. The molecular formula is C15H16O2. The minimum Gasteiger partial charge on any atom is -0.466 e. The Hall–Kier alpha value is -1.83. The van der Waals surface area contributed by atoms with Gasteiger partial charge in [0.2, 0.25) is 0 Å². The largest absolute Gasteiger partial charge is 0.466 e. The first-order valence-corrected chi connectivity index (χ1v) is 5.75. The van der Waals surface area contributed by atoms with E-state index in [1.807, 2.05) is 30.4 Å². The lowest BCUT2D eigenvalue weighted by Gasteiger charge is -2.20. The number of allylic oxidation sites excluding steroid dienone is 3. The molecule has 0 aliphatic heterocycles. The monoisotopic (exact) mass is 227 g/mol. The van der Waals surface area contributed by atoms with Crippen molar-refractivity contribution in [3.63, 3.8) is 0 Å². The Bertz CT molecular complexity index is 457. The number of carbonyl (C=O) groups is 1. The van der Waals surface area contributed by atoms with Crippen LogP contribution in [0.4, 0.5) is 0 Å². The molecule has 2 nitrogen and oxygen atoms in total. The third kappa shape index (κ3) is 2.31. The van der Waals surface area contributed by atoms with Gasteiger partial charge < -0.3 is 4.74 Å². The van der Waals surface area contributed by atoms with Crippen LogP contribution in [0.5, 0.6) is 0 Å². The summed E-state index contributed by atoms with van der Waals surface area (Å²) in [4.78, 5) is 11.6. The summed E-state index contributed by atoms with van der Waals surface area (Å²) in [7, 11) is 1.42. The number of carbonyl (C=O) groups excluding carboxylic acids is 1. The van der Waals surface area contributed by atoms with Crippen molar-refractivity contribution in [1.29, 1.82) is 0 Å². The zero-order chi connectivity index (χ0) is 12.3. The van der Waals surface area contributed by atoms with E-state index in [1.54, 1.807) is 0 Å². The maximum atomic E-state index is 11.6. The van der Waals surface area contributed by atoms with Crippen LogP contribution in [0.15, 0.2) is 54.1 Å². The number of hydrogen-bond donors (Lipinski definition) is 0. The maximum Gasteiger partial charge on any atom is 0.334 e. The van der Waals surface area contributed by atoms with Gasteiger partial charge in [0, 0.05) is 11.5 Å². The van der Waals surface area contributed by atoms with Crippen LogP contribution in [0.3, 0.4) is 0 Å². The van der Waals surface area contributed by atoms with E-state index in [2.05, 4.69) is 25.1 Å². The first-order chi connectivity index (χ1) is 8.24. The standard InChI is InChI=1S/C15H16O2/c1-11(12-7-4-3-5-8-12)13-9-6-10-14(13)15(16)17-2/h3-11,13H,1-2H3/i2-1. The van der Waals surface area contributed by atoms with Crippen LogP contribution in [-0.4, -0.2) is 13.1 Å². The number of benzene rings is 1. The highest BCUT2D eigenvalue weighted by atomic mass is 16.5. The SMILES string of the molecule is CC(c1ccccc1)C1C=CC=C1C(=O)O[11CH3]. The van der Waals surface area contributed by atoms with Crippen molar-refractivity contribution in [1.82, 2.24) is 0 Å². The van der Waals surface area contributed by atoms with Gasteiger partial charge in [-0.1, -0.05) is 55.5 Å². The van der Waals surface area contributed by atoms with E-state index in [-0.39, 0.29) is 17.8 Å². The predicted octanol–water partition coefficient (Wildman–Crippen LogP) is 3.08. The summed E-state index contributed by atoms with van der Waals surface area (Å²) < 4.78 is 4.80. The Kier molecular flexibility index (Phi) is 3.43. The second kappa shape index (κ2) is 5.00. The van der Waals surface area contributed by atoms with E-state index in [1.165, 1.54) is 12.7 Å². The minimum absolute atomic E-state index is 0.116. The second-order valence-electron chi connectivity index (χ2n) is 4.22. The molecule has 17 heavy (non-hydrogen) atoms. The molecule has 0 saturated carbocycles. The fraction of sp³-hybridized carbons (Fsp3) is 0.267. The number of rotatable bonds is 3. The van der Waals surface area contributed by atoms with Crippen molar-refractivity contribution < 1.29 is 9.53 Å². The summed E-state index contributed by atoms with van der Waals surface area (Å²) in [6.07, 6.45) is 5.83. The molecular weight excluding hydrogens is 211 g/mol.